The highest BCUT2D eigenvalue weighted by atomic mass is 32.1. The van der Waals surface area contributed by atoms with E-state index in [4.69, 9.17) is 12.2 Å². The maximum absolute atomic E-state index is 13.6. The van der Waals surface area contributed by atoms with Crippen LogP contribution in [0.5, 0.6) is 0 Å². The van der Waals surface area contributed by atoms with Crippen molar-refractivity contribution < 1.29 is 8.78 Å². The van der Waals surface area contributed by atoms with Gasteiger partial charge in [-0.15, -0.1) is 0 Å². The lowest BCUT2D eigenvalue weighted by atomic mass is 10.0. The van der Waals surface area contributed by atoms with Crippen LogP contribution in [-0.2, 0) is 0 Å². The first-order chi connectivity index (χ1) is 10.4. The van der Waals surface area contributed by atoms with Crippen LogP contribution in [0.2, 0.25) is 0 Å². The van der Waals surface area contributed by atoms with Gasteiger partial charge < -0.3 is 10.6 Å². The summed E-state index contributed by atoms with van der Waals surface area (Å²) in [5.74, 6) is -1.36. The lowest BCUT2D eigenvalue weighted by Crippen LogP contribution is -2.31. The topological polar surface area (TPSA) is 24.1 Å². The summed E-state index contributed by atoms with van der Waals surface area (Å²) in [7, 11) is 0. The van der Waals surface area contributed by atoms with Gasteiger partial charge in [0.05, 0.1) is 6.04 Å². The largest absolute Gasteiger partial charge is 0.356 e. The molecule has 0 aromatic heterocycles. The molecule has 1 atom stereocenters. The van der Waals surface area contributed by atoms with Gasteiger partial charge in [0.2, 0.25) is 0 Å². The Labute approximate surface area is 134 Å². The molecule has 116 valence electrons. The Balaban J connectivity index is 2.07. The molecule has 0 aliphatic carbocycles. The Morgan fingerprint density at radius 2 is 1.68 bits per heavy atom. The van der Waals surface area contributed by atoms with Crippen molar-refractivity contribution in [3.63, 3.8) is 0 Å². The van der Waals surface area contributed by atoms with Crippen LogP contribution in [0.4, 0.5) is 14.5 Å². The zero-order valence-electron chi connectivity index (χ0n) is 12.7. The van der Waals surface area contributed by atoms with Crippen molar-refractivity contribution >= 4 is 23.0 Å². The fourth-order valence-corrected chi connectivity index (χ4v) is 2.36. The molecular weight excluding hydrogens is 302 g/mol. The van der Waals surface area contributed by atoms with E-state index >= 15 is 0 Å². The zero-order valence-corrected chi connectivity index (χ0v) is 13.5. The Bertz CT molecular complexity index is 681. The number of aryl methyl sites for hydroxylation is 2. The van der Waals surface area contributed by atoms with E-state index in [1.165, 1.54) is 29.3 Å². The average molecular weight is 320 g/mol. The third kappa shape index (κ3) is 3.80. The first-order valence-electron chi connectivity index (χ1n) is 6.97. The molecule has 5 heteroatoms. The average Bonchev–Trinajstić information content (AvgIpc) is 2.46. The van der Waals surface area contributed by atoms with Gasteiger partial charge in [-0.2, -0.15) is 0 Å². The molecular formula is C17H18F2N2S. The normalized spacial score (nSPS) is 11.9. The number of rotatable bonds is 3. The van der Waals surface area contributed by atoms with E-state index in [9.17, 15) is 8.78 Å². The summed E-state index contributed by atoms with van der Waals surface area (Å²) in [5.41, 5.74) is 3.21. The summed E-state index contributed by atoms with van der Waals surface area (Å²) in [4.78, 5) is 0. The number of halogens is 2. The second-order valence-electron chi connectivity index (χ2n) is 5.26. The fraction of sp³-hybridized carbons (Fsp3) is 0.235. The molecule has 0 bridgehead atoms. The van der Waals surface area contributed by atoms with Crippen LogP contribution in [0.25, 0.3) is 0 Å². The highest BCUT2D eigenvalue weighted by molar-refractivity contribution is 7.80. The monoisotopic (exact) mass is 320 g/mol. The summed E-state index contributed by atoms with van der Waals surface area (Å²) < 4.78 is 27.2. The molecule has 2 aromatic rings. The van der Waals surface area contributed by atoms with E-state index in [-0.39, 0.29) is 16.8 Å². The van der Waals surface area contributed by atoms with E-state index < -0.39 is 11.6 Å². The number of thiocarbonyl (C=S) groups is 1. The van der Waals surface area contributed by atoms with E-state index in [0.29, 0.717) is 0 Å². The van der Waals surface area contributed by atoms with Crippen LogP contribution < -0.4 is 10.6 Å². The van der Waals surface area contributed by atoms with Crippen molar-refractivity contribution in [3.8, 4) is 0 Å². The van der Waals surface area contributed by atoms with E-state index in [0.717, 1.165) is 5.56 Å². The Kier molecular flexibility index (Phi) is 5.08. The van der Waals surface area contributed by atoms with Gasteiger partial charge in [0.15, 0.2) is 5.11 Å². The molecule has 0 spiro atoms. The molecule has 0 unspecified atom stereocenters. The van der Waals surface area contributed by atoms with Crippen LogP contribution >= 0.6 is 12.2 Å². The smallest absolute Gasteiger partial charge is 0.171 e. The summed E-state index contributed by atoms with van der Waals surface area (Å²) in [6.45, 7) is 6.02. The molecule has 0 amide bonds. The molecule has 2 rings (SSSR count). The summed E-state index contributed by atoms with van der Waals surface area (Å²) >= 11 is 5.13. The third-order valence-corrected chi connectivity index (χ3v) is 3.80. The molecule has 0 saturated heterocycles. The van der Waals surface area contributed by atoms with E-state index in [1.807, 2.05) is 32.9 Å². The standard InChI is InChI=1S/C17H18F2N2S/c1-10-7-8-13(9-11(10)2)12(3)20-17(22)21-16-14(18)5-4-6-15(16)19/h4-9,12H,1-3H3,(H2,20,21,22)/t12-/m0/s1. The van der Waals surface area contributed by atoms with Gasteiger partial charge in [-0.25, -0.2) is 8.78 Å². The van der Waals surface area contributed by atoms with Gasteiger partial charge in [0, 0.05) is 0 Å². The Hall–Kier alpha value is -2.01. The van der Waals surface area contributed by atoms with E-state index in [2.05, 4.69) is 16.7 Å². The number of hydrogen-bond acceptors (Lipinski definition) is 1. The molecule has 0 saturated carbocycles. The van der Waals surface area contributed by atoms with Crippen molar-refractivity contribution in [1.82, 2.24) is 5.32 Å². The minimum Gasteiger partial charge on any atom is -0.356 e. The Morgan fingerprint density at radius 3 is 2.27 bits per heavy atom. The number of benzene rings is 2. The van der Waals surface area contributed by atoms with Gasteiger partial charge in [0.25, 0.3) is 0 Å². The predicted octanol–water partition coefficient (Wildman–Crippen LogP) is 4.63. The number of nitrogens with one attached hydrogen (secondary N) is 2. The van der Waals surface area contributed by atoms with Crippen LogP contribution in [0.15, 0.2) is 36.4 Å². The van der Waals surface area contributed by atoms with Crippen LogP contribution in [0, 0.1) is 25.5 Å². The van der Waals surface area contributed by atoms with Gasteiger partial charge in [-0.1, -0.05) is 24.3 Å². The minimum atomic E-state index is -0.678. The van der Waals surface area contributed by atoms with Crippen molar-refractivity contribution in [3.05, 3.63) is 64.7 Å². The molecule has 0 fully saturated rings. The van der Waals surface area contributed by atoms with Crippen molar-refractivity contribution in [2.45, 2.75) is 26.8 Å². The van der Waals surface area contributed by atoms with E-state index in [1.54, 1.807) is 0 Å². The summed E-state index contributed by atoms with van der Waals surface area (Å²) in [6, 6.07) is 9.71. The number of anilines is 1. The quantitative estimate of drug-likeness (QED) is 0.806. The van der Waals surface area contributed by atoms with Gasteiger partial charge in [-0.3, -0.25) is 0 Å². The van der Waals surface area contributed by atoms with Crippen LogP contribution in [0.3, 0.4) is 0 Å². The van der Waals surface area contributed by atoms with Crippen LogP contribution in [0.1, 0.15) is 29.7 Å². The lowest BCUT2D eigenvalue weighted by Gasteiger charge is -2.18. The highest BCUT2D eigenvalue weighted by Gasteiger charge is 2.12. The SMILES string of the molecule is Cc1ccc([C@H](C)NC(=S)Nc2c(F)cccc2F)cc1C. The molecule has 0 radical (unpaired) electrons. The zero-order chi connectivity index (χ0) is 16.3. The number of para-hydroxylation sites is 1. The maximum Gasteiger partial charge on any atom is 0.171 e. The molecule has 0 aliphatic rings. The molecule has 22 heavy (non-hydrogen) atoms. The molecule has 0 heterocycles. The summed E-state index contributed by atoms with van der Waals surface area (Å²) in [6.07, 6.45) is 0. The Morgan fingerprint density at radius 1 is 1.05 bits per heavy atom. The van der Waals surface area contributed by atoms with Crippen molar-refractivity contribution in [2.75, 3.05) is 5.32 Å². The van der Waals surface area contributed by atoms with Gasteiger partial charge >= 0.3 is 0 Å². The second kappa shape index (κ2) is 6.83. The predicted molar refractivity (Wildman–Crippen MR) is 90.0 cm³/mol. The van der Waals surface area contributed by atoms with Crippen LogP contribution in [-0.4, -0.2) is 5.11 Å². The summed E-state index contributed by atoms with van der Waals surface area (Å²) in [5, 5.41) is 5.78. The highest BCUT2D eigenvalue weighted by Crippen LogP contribution is 2.19. The number of hydrogen-bond donors (Lipinski definition) is 2. The van der Waals surface area contributed by atoms with Gasteiger partial charge in [-0.05, 0) is 61.8 Å². The molecule has 2 N–H and O–H groups in total. The third-order valence-electron chi connectivity index (χ3n) is 3.58. The first kappa shape index (κ1) is 16.4. The van der Waals surface area contributed by atoms with Crippen molar-refractivity contribution in [2.24, 2.45) is 0 Å². The van der Waals surface area contributed by atoms with Crippen molar-refractivity contribution in [1.29, 1.82) is 0 Å². The fourth-order valence-electron chi connectivity index (χ4n) is 2.08. The second-order valence-corrected chi connectivity index (χ2v) is 5.67. The molecule has 2 aromatic carbocycles. The maximum atomic E-state index is 13.6. The first-order valence-corrected chi connectivity index (χ1v) is 7.38. The molecule has 2 nitrogen and oxygen atoms in total. The minimum absolute atomic E-state index is 0.0749. The van der Waals surface area contributed by atoms with Gasteiger partial charge in [0.1, 0.15) is 17.3 Å². The molecule has 0 aliphatic heterocycles. The lowest BCUT2D eigenvalue weighted by molar-refractivity contribution is 0.590.